The van der Waals surface area contributed by atoms with Crippen molar-refractivity contribution in [3.63, 3.8) is 0 Å². The standard InChI is InChI=1S/C31H25ClN2O4/c1-3-34-27-16-26(32)22(20-6-4-18(5-7-20)19-10-12-33-13-11-19)15-24(27)31(30(34)37)17-25(31)21-8-9-28(38-2)23(14-21)29(35)36/h4-16,25H,3,17H2,1-2H3,(H,35,36). The van der Waals surface area contributed by atoms with E-state index in [0.717, 1.165) is 39.1 Å². The van der Waals surface area contributed by atoms with Gasteiger partial charge in [0.2, 0.25) is 5.91 Å². The van der Waals surface area contributed by atoms with Gasteiger partial charge in [0.05, 0.1) is 17.5 Å². The minimum absolute atomic E-state index is 0.0361. The van der Waals surface area contributed by atoms with E-state index >= 15 is 0 Å². The molecule has 0 radical (unpaired) electrons. The number of amides is 1. The van der Waals surface area contributed by atoms with E-state index in [-0.39, 0.29) is 17.4 Å². The summed E-state index contributed by atoms with van der Waals surface area (Å²) in [5.41, 5.74) is 5.94. The number of halogens is 1. The molecule has 1 aliphatic heterocycles. The number of benzene rings is 3. The number of rotatable bonds is 6. The maximum atomic E-state index is 13.8. The fraction of sp³-hybridized carbons (Fsp3) is 0.194. The van der Waals surface area contributed by atoms with Gasteiger partial charge in [-0.15, -0.1) is 0 Å². The van der Waals surface area contributed by atoms with Crippen molar-refractivity contribution in [2.75, 3.05) is 18.6 Å². The quantitative estimate of drug-likeness (QED) is 0.308. The maximum absolute atomic E-state index is 13.8. The smallest absolute Gasteiger partial charge is 0.339 e. The molecule has 0 bridgehead atoms. The highest BCUT2D eigenvalue weighted by atomic mass is 35.5. The molecule has 1 aliphatic carbocycles. The molecule has 4 aromatic rings. The number of aromatic carboxylic acids is 1. The number of carbonyl (C=O) groups is 2. The van der Waals surface area contributed by atoms with Crippen molar-refractivity contribution in [1.29, 1.82) is 0 Å². The number of nitrogens with zero attached hydrogens (tertiary/aromatic N) is 2. The second-order valence-corrected chi connectivity index (χ2v) is 10.1. The number of fused-ring (bicyclic) bond motifs is 2. The van der Waals surface area contributed by atoms with Gasteiger partial charge in [-0.3, -0.25) is 9.78 Å². The number of carboxylic acids is 1. The lowest BCUT2D eigenvalue weighted by molar-refractivity contribution is -0.120. The Morgan fingerprint density at radius 1 is 1.05 bits per heavy atom. The van der Waals surface area contributed by atoms with Crippen molar-refractivity contribution in [2.45, 2.75) is 24.7 Å². The number of methoxy groups -OCH3 is 1. The summed E-state index contributed by atoms with van der Waals surface area (Å²) in [7, 11) is 1.45. The number of hydrogen-bond acceptors (Lipinski definition) is 4. The first kappa shape index (κ1) is 24.2. The van der Waals surface area contributed by atoms with Gasteiger partial charge in [0.25, 0.3) is 0 Å². The highest BCUT2D eigenvalue weighted by molar-refractivity contribution is 6.34. The summed E-state index contributed by atoms with van der Waals surface area (Å²) in [6, 6.07) is 21.2. The van der Waals surface area contributed by atoms with Gasteiger partial charge in [0.1, 0.15) is 11.3 Å². The number of carbonyl (C=O) groups excluding carboxylic acids is 1. The van der Waals surface area contributed by atoms with Crippen molar-refractivity contribution in [2.24, 2.45) is 0 Å². The van der Waals surface area contributed by atoms with Crippen LogP contribution in [-0.2, 0) is 10.2 Å². The van der Waals surface area contributed by atoms with E-state index in [4.69, 9.17) is 16.3 Å². The molecule has 1 N–H and O–H groups in total. The summed E-state index contributed by atoms with van der Waals surface area (Å²) in [4.78, 5) is 31.5. The molecule has 2 aliphatic rings. The second-order valence-electron chi connectivity index (χ2n) is 9.70. The lowest BCUT2D eigenvalue weighted by Crippen LogP contribution is -2.32. The fourth-order valence-corrected chi connectivity index (χ4v) is 6.11. The van der Waals surface area contributed by atoms with Crippen LogP contribution in [0.2, 0.25) is 5.02 Å². The van der Waals surface area contributed by atoms with Crippen LogP contribution in [-0.4, -0.2) is 35.6 Å². The van der Waals surface area contributed by atoms with Crippen LogP contribution in [0.3, 0.4) is 0 Å². The first-order valence-electron chi connectivity index (χ1n) is 12.5. The lowest BCUT2D eigenvalue weighted by Gasteiger charge is -2.16. The molecule has 6 nitrogen and oxygen atoms in total. The molecule has 2 atom stereocenters. The normalized spacial score (nSPS) is 19.5. The number of ether oxygens (including phenoxy) is 1. The predicted molar refractivity (Wildman–Crippen MR) is 147 cm³/mol. The molecule has 190 valence electrons. The van der Waals surface area contributed by atoms with E-state index in [9.17, 15) is 14.7 Å². The monoisotopic (exact) mass is 524 g/mol. The summed E-state index contributed by atoms with van der Waals surface area (Å²) in [6.07, 6.45) is 4.15. The Hall–Kier alpha value is -4.16. The molecular weight excluding hydrogens is 500 g/mol. The van der Waals surface area contributed by atoms with Crippen LogP contribution < -0.4 is 9.64 Å². The molecule has 0 saturated heterocycles. The van der Waals surface area contributed by atoms with E-state index in [0.29, 0.717) is 23.7 Å². The van der Waals surface area contributed by atoms with Gasteiger partial charge < -0.3 is 14.7 Å². The van der Waals surface area contributed by atoms with Crippen molar-refractivity contribution in [3.05, 3.63) is 101 Å². The zero-order valence-electron chi connectivity index (χ0n) is 20.9. The first-order valence-corrected chi connectivity index (χ1v) is 12.8. The zero-order valence-corrected chi connectivity index (χ0v) is 21.7. The van der Waals surface area contributed by atoms with Crippen molar-refractivity contribution >= 4 is 29.2 Å². The number of likely N-dealkylation sites (N-methyl/N-ethyl adjacent to an activating group) is 1. The van der Waals surface area contributed by atoms with Crippen LogP contribution in [0.1, 0.15) is 40.7 Å². The summed E-state index contributed by atoms with van der Waals surface area (Å²) in [5, 5.41) is 10.3. The molecule has 6 rings (SSSR count). The van der Waals surface area contributed by atoms with Gasteiger partial charge in [-0.05, 0) is 77.6 Å². The zero-order chi connectivity index (χ0) is 26.6. The number of hydrogen-bond donors (Lipinski definition) is 1. The Kier molecular flexibility index (Phi) is 5.73. The Morgan fingerprint density at radius 2 is 1.74 bits per heavy atom. The number of carboxylic acid groups (broad SMARTS) is 1. The summed E-state index contributed by atoms with van der Waals surface area (Å²) in [6.45, 7) is 2.48. The van der Waals surface area contributed by atoms with Gasteiger partial charge in [-0.2, -0.15) is 0 Å². The molecule has 3 aromatic carbocycles. The maximum Gasteiger partial charge on any atom is 0.339 e. The third-order valence-corrected chi connectivity index (χ3v) is 8.14. The number of pyridine rings is 1. The second kappa shape index (κ2) is 8.99. The minimum atomic E-state index is -1.06. The van der Waals surface area contributed by atoms with Crippen LogP contribution in [0.4, 0.5) is 5.69 Å². The average Bonchev–Trinajstić information content (AvgIpc) is 3.65. The molecule has 2 heterocycles. The van der Waals surface area contributed by atoms with Gasteiger partial charge in [0, 0.05) is 36.1 Å². The van der Waals surface area contributed by atoms with Crippen molar-refractivity contribution in [1.82, 2.24) is 4.98 Å². The molecule has 38 heavy (non-hydrogen) atoms. The molecule has 1 saturated carbocycles. The Morgan fingerprint density at radius 3 is 2.39 bits per heavy atom. The van der Waals surface area contributed by atoms with Crippen LogP contribution in [0.5, 0.6) is 5.75 Å². The summed E-state index contributed by atoms with van der Waals surface area (Å²) >= 11 is 6.80. The molecule has 2 unspecified atom stereocenters. The molecule has 1 amide bonds. The van der Waals surface area contributed by atoms with E-state index in [2.05, 4.69) is 17.1 Å². The molecular formula is C31H25ClN2O4. The molecule has 1 fully saturated rings. The van der Waals surface area contributed by atoms with Gasteiger partial charge in [0.15, 0.2) is 0 Å². The number of aromatic nitrogens is 1. The summed E-state index contributed by atoms with van der Waals surface area (Å²) < 4.78 is 5.23. The van der Waals surface area contributed by atoms with Gasteiger partial charge in [-0.1, -0.05) is 41.9 Å². The molecule has 7 heteroatoms. The van der Waals surface area contributed by atoms with E-state index in [1.807, 2.05) is 49.4 Å². The van der Waals surface area contributed by atoms with Crippen LogP contribution in [0.15, 0.2) is 79.1 Å². The van der Waals surface area contributed by atoms with Crippen LogP contribution >= 0.6 is 11.6 Å². The predicted octanol–water partition coefficient (Wildman–Crippen LogP) is 6.57. The first-order chi connectivity index (χ1) is 18.4. The van der Waals surface area contributed by atoms with Gasteiger partial charge in [-0.25, -0.2) is 4.79 Å². The SMILES string of the molecule is CCN1C(=O)C2(CC2c2ccc(OC)c(C(=O)O)c2)c2cc(-c3ccc(-c4ccncc4)cc3)c(Cl)cc21. The summed E-state index contributed by atoms with van der Waals surface area (Å²) in [5.74, 6) is -0.851. The average molecular weight is 525 g/mol. The molecule has 1 aromatic heterocycles. The van der Waals surface area contributed by atoms with E-state index in [1.165, 1.54) is 7.11 Å². The fourth-order valence-electron chi connectivity index (χ4n) is 5.84. The van der Waals surface area contributed by atoms with Crippen molar-refractivity contribution in [3.8, 4) is 28.0 Å². The Bertz CT molecular complexity index is 1590. The number of anilines is 1. The largest absolute Gasteiger partial charge is 0.496 e. The van der Waals surface area contributed by atoms with Gasteiger partial charge >= 0.3 is 5.97 Å². The van der Waals surface area contributed by atoms with Crippen LogP contribution in [0.25, 0.3) is 22.3 Å². The third kappa shape index (κ3) is 3.59. The third-order valence-electron chi connectivity index (χ3n) is 7.83. The highest BCUT2D eigenvalue weighted by Gasteiger charge is 2.67. The van der Waals surface area contributed by atoms with Crippen LogP contribution in [0, 0.1) is 0 Å². The van der Waals surface area contributed by atoms with Crippen molar-refractivity contribution < 1.29 is 19.4 Å². The Balaban J connectivity index is 1.42. The van der Waals surface area contributed by atoms with E-state index < -0.39 is 11.4 Å². The molecule has 1 spiro atoms. The lowest BCUT2D eigenvalue weighted by atomic mass is 9.89. The highest BCUT2D eigenvalue weighted by Crippen LogP contribution is 2.67. The Labute approximate surface area is 225 Å². The van der Waals surface area contributed by atoms with E-state index in [1.54, 1.807) is 29.4 Å². The minimum Gasteiger partial charge on any atom is -0.496 e. The topological polar surface area (TPSA) is 79.7 Å².